The molecule has 2 aromatic rings. The number of aromatic nitrogens is 2. The second-order valence-corrected chi connectivity index (χ2v) is 4.42. The molecule has 2 rings (SSSR count). The number of thiazole rings is 1. The fraction of sp³-hybridized carbons (Fsp3) is 0.0909. The molecule has 0 aromatic carbocycles. The van der Waals surface area contributed by atoms with E-state index in [1.807, 2.05) is 0 Å². The largest absolute Gasteiger partial charge is 0.505 e. The Hall–Kier alpha value is -2.48. The molecule has 0 bridgehead atoms. The van der Waals surface area contributed by atoms with E-state index in [9.17, 15) is 14.7 Å². The Kier molecular flexibility index (Phi) is 3.71. The van der Waals surface area contributed by atoms with Crippen molar-refractivity contribution in [2.24, 2.45) is 0 Å². The third-order valence-corrected chi connectivity index (χ3v) is 2.96. The number of rotatable bonds is 4. The molecule has 7 nitrogen and oxygen atoms in total. The average molecular weight is 279 g/mol. The fourth-order valence-electron chi connectivity index (χ4n) is 1.34. The van der Waals surface area contributed by atoms with Gasteiger partial charge < -0.3 is 10.2 Å². The van der Waals surface area contributed by atoms with Crippen molar-refractivity contribution in [1.82, 2.24) is 9.97 Å². The molecule has 8 heteroatoms. The number of amides is 1. The normalized spacial score (nSPS) is 10.1. The number of nitrogens with zero attached hydrogens (tertiary/aromatic N) is 2. The maximum absolute atomic E-state index is 11.8. The molecule has 0 saturated heterocycles. The maximum atomic E-state index is 11.8. The van der Waals surface area contributed by atoms with Crippen molar-refractivity contribution < 1.29 is 19.8 Å². The number of carbonyl (C=O) groups excluding carboxylic acids is 1. The summed E-state index contributed by atoms with van der Waals surface area (Å²) in [4.78, 5) is 29.9. The van der Waals surface area contributed by atoms with Crippen LogP contribution in [0, 0.1) is 0 Å². The zero-order valence-electron chi connectivity index (χ0n) is 9.53. The number of nitrogens with one attached hydrogen (secondary N) is 1. The Morgan fingerprint density at radius 1 is 1.42 bits per heavy atom. The van der Waals surface area contributed by atoms with Gasteiger partial charge in [0, 0.05) is 11.6 Å². The minimum absolute atomic E-state index is 0.0741. The van der Waals surface area contributed by atoms with Crippen LogP contribution in [0.2, 0.25) is 0 Å². The van der Waals surface area contributed by atoms with Crippen molar-refractivity contribution in [2.75, 3.05) is 5.32 Å². The molecule has 0 radical (unpaired) electrons. The quantitative estimate of drug-likeness (QED) is 0.773. The molecular formula is C11H9N3O4S. The summed E-state index contributed by atoms with van der Waals surface area (Å²) >= 11 is 1.12. The van der Waals surface area contributed by atoms with Crippen molar-refractivity contribution in [3.63, 3.8) is 0 Å². The van der Waals surface area contributed by atoms with Gasteiger partial charge in [-0.15, -0.1) is 11.3 Å². The Labute approximate surface area is 111 Å². The molecule has 3 N–H and O–H groups in total. The summed E-state index contributed by atoms with van der Waals surface area (Å²) < 4.78 is 0. The lowest BCUT2D eigenvalue weighted by Gasteiger charge is -2.02. The Morgan fingerprint density at radius 3 is 2.89 bits per heavy atom. The van der Waals surface area contributed by atoms with Gasteiger partial charge in [0.15, 0.2) is 5.13 Å². The maximum Gasteiger partial charge on any atom is 0.309 e. The summed E-state index contributed by atoms with van der Waals surface area (Å²) in [7, 11) is 0. The average Bonchev–Trinajstić information content (AvgIpc) is 2.76. The van der Waals surface area contributed by atoms with Gasteiger partial charge in [-0.1, -0.05) is 0 Å². The zero-order chi connectivity index (χ0) is 13.8. The number of pyridine rings is 1. The van der Waals surface area contributed by atoms with E-state index >= 15 is 0 Å². The minimum Gasteiger partial charge on any atom is -0.505 e. The SMILES string of the molecule is O=C(O)Cc1csc(NC(=O)c2ccncc2O)n1. The molecule has 0 fully saturated rings. The molecular weight excluding hydrogens is 270 g/mol. The van der Waals surface area contributed by atoms with Crippen LogP contribution in [0.4, 0.5) is 5.13 Å². The van der Waals surface area contributed by atoms with Crippen LogP contribution in [0.1, 0.15) is 16.1 Å². The number of aromatic hydroxyl groups is 1. The number of aliphatic carboxylic acids is 1. The third-order valence-electron chi connectivity index (χ3n) is 2.15. The summed E-state index contributed by atoms with van der Waals surface area (Å²) in [6, 6.07) is 1.37. The van der Waals surface area contributed by atoms with Crippen molar-refractivity contribution in [3.05, 3.63) is 35.1 Å². The molecule has 19 heavy (non-hydrogen) atoms. The fourth-order valence-corrected chi connectivity index (χ4v) is 2.05. The molecule has 0 aliphatic heterocycles. The standard InChI is InChI=1S/C11H9N3O4S/c15-8-4-12-2-1-7(8)10(18)14-11-13-6(5-19-11)3-9(16)17/h1-2,4-5,15H,3H2,(H,16,17)(H,13,14,18). The molecule has 0 atom stereocenters. The molecule has 0 saturated carbocycles. The van der Waals surface area contributed by atoms with Crippen LogP contribution >= 0.6 is 11.3 Å². The van der Waals surface area contributed by atoms with E-state index < -0.39 is 11.9 Å². The lowest BCUT2D eigenvalue weighted by atomic mass is 10.2. The van der Waals surface area contributed by atoms with Gasteiger partial charge in [-0.3, -0.25) is 19.9 Å². The zero-order valence-corrected chi connectivity index (χ0v) is 10.3. The van der Waals surface area contributed by atoms with Crippen molar-refractivity contribution in [2.45, 2.75) is 6.42 Å². The first-order chi connectivity index (χ1) is 9.06. The molecule has 0 aliphatic rings. The second-order valence-electron chi connectivity index (χ2n) is 3.56. The monoisotopic (exact) mass is 279 g/mol. The van der Waals surface area contributed by atoms with E-state index in [0.29, 0.717) is 5.69 Å². The highest BCUT2D eigenvalue weighted by Crippen LogP contribution is 2.19. The molecule has 0 aliphatic carbocycles. The van der Waals surface area contributed by atoms with E-state index in [2.05, 4.69) is 15.3 Å². The summed E-state index contributed by atoms with van der Waals surface area (Å²) in [6.07, 6.45) is 2.34. The summed E-state index contributed by atoms with van der Waals surface area (Å²) in [5.41, 5.74) is 0.441. The van der Waals surface area contributed by atoms with Gasteiger partial charge in [0.25, 0.3) is 5.91 Å². The number of carboxylic acid groups (broad SMARTS) is 1. The van der Waals surface area contributed by atoms with Gasteiger partial charge in [0.1, 0.15) is 5.75 Å². The number of hydrogen-bond acceptors (Lipinski definition) is 6. The van der Waals surface area contributed by atoms with Crippen LogP contribution in [0.5, 0.6) is 5.75 Å². The molecule has 2 aromatic heterocycles. The first kappa shape index (κ1) is 13.0. The van der Waals surface area contributed by atoms with Crippen LogP contribution < -0.4 is 5.32 Å². The van der Waals surface area contributed by atoms with E-state index in [1.54, 1.807) is 5.38 Å². The number of anilines is 1. The van der Waals surface area contributed by atoms with Crippen molar-refractivity contribution in [1.29, 1.82) is 0 Å². The van der Waals surface area contributed by atoms with Crippen LogP contribution in [0.15, 0.2) is 23.8 Å². The Balaban J connectivity index is 2.09. The smallest absolute Gasteiger partial charge is 0.309 e. The minimum atomic E-state index is -0.991. The lowest BCUT2D eigenvalue weighted by Crippen LogP contribution is -2.12. The molecule has 2 heterocycles. The molecule has 0 unspecified atom stereocenters. The molecule has 0 spiro atoms. The molecule has 1 amide bonds. The van der Waals surface area contributed by atoms with E-state index in [-0.39, 0.29) is 22.9 Å². The van der Waals surface area contributed by atoms with Gasteiger partial charge in [0.05, 0.1) is 23.9 Å². The topological polar surface area (TPSA) is 112 Å². The van der Waals surface area contributed by atoms with Gasteiger partial charge in [-0.25, -0.2) is 4.98 Å². The van der Waals surface area contributed by atoms with Crippen LogP contribution in [0.3, 0.4) is 0 Å². The third kappa shape index (κ3) is 3.26. The van der Waals surface area contributed by atoms with Crippen LogP contribution in [0.25, 0.3) is 0 Å². The van der Waals surface area contributed by atoms with Crippen molar-refractivity contribution in [3.8, 4) is 5.75 Å². The summed E-state index contributed by atoms with van der Waals surface area (Å²) in [5.74, 6) is -1.76. The predicted molar refractivity (Wildman–Crippen MR) is 67.3 cm³/mol. The van der Waals surface area contributed by atoms with Gasteiger partial charge in [-0.05, 0) is 6.07 Å². The predicted octanol–water partition coefficient (Wildman–Crippen LogP) is 1.12. The first-order valence-electron chi connectivity index (χ1n) is 5.17. The van der Waals surface area contributed by atoms with E-state index in [4.69, 9.17) is 5.11 Å². The van der Waals surface area contributed by atoms with E-state index in [0.717, 1.165) is 17.5 Å². The Bertz CT molecular complexity index is 626. The van der Waals surface area contributed by atoms with Gasteiger partial charge >= 0.3 is 5.97 Å². The number of carboxylic acids is 1. The summed E-state index contributed by atoms with van der Waals surface area (Å²) in [5, 5.41) is 22.4. The highest BCUT2D eigenvalue weighted by Gasteiger charge is 2.13. The molecule has 98 valence electrons. The van der Waals surface area contributed by atoms with Gasteiger partial charge in [0.2, 0.25) is 0 Å². The number of carbonyl (C=O) groups is 2. The highest BCUT2D eigenvalue weighted by atomic mass is 32.1. The van der Waals surface area contributed by atoms with Gasteiger partial charge in [-0.2, -0.15) is 0 Å². The van der Waals surface area contributed by atoms with Crippen molar-refractivity contribution >= 4 is 28.3 Å². The highest BCUT2D eigenvalue weighted by molar-refractivity contribution is 7.14. The second kappa shape index (κ2) is 5.44. The first-order valence-corrected chi connectivity index (χ1v) is 6.05. The van der Waals surface area contributed by atoms with Crippen LogP contribution in [-0.2, 0) is 11.2 Å². The van der Waals surface area contributed by atoms with E-state index in [1.165, 1.54) is 12.3 Å². The van der Waals surface area contributed by atoms with Crippen LogP contribution in [-0.4, -0.2) is 32.1 Å². The number of hydrogen-bond donors (Lipinski definition) is 3. The Morgan fingerprint density at radius 2 is 2.21 bits per heavy atom. The summed E-state index contributed by atoms with van der Waals surface area (Å²) in [6.45, 7) is 0. The lowest BCUT2D eigenvalue weighted by molar-refractivity contribution is -0.136.